The Morgan fingerprint density at radius 1 is 1.11 bits per heavy atom. The van der Waals surface area contributed by atoms with Crippen LogP contribution in [0.5, 0.6) is 5.75 Å². The predicted octanol–water partition coefficient (Wildman–Crippen LogP) is 3.33. The molecule has 0 bridgehead atoms. The molecule has 0 radical (unpaired) electrons. The number of halogens is 1. The predicted molar refractivity (Wildman–Crippen MR) is 71.6 cm³/mol. The van der Waals surface area contributed by atoms with Gasteiger partial charge in [-0.15, -0.1) is 0 Å². The molecule has 94 valence electrons. The normalized spacial score (nSPS) is 29.9. The average Bonchev–Trinajstić information content (AvgIpc) is 2.81. The minimum Gasteiger partial charge on any atom is -0.497 e. The van der Waals surface area contributed by atoms with Gasteiger partial charge in [0.2, 0.25) is 0 Å². The van der Waals surface area contributed by atoms with Crippen molar-refractivity contribution >= 4 is 15.9 Å². The van der Waals surface area contributed by atoms with Crippen LogP contribution in [0.3, 0.4) is 0 Å². The number of hydrogen-bond donors (Lipinski definition) is 0. The van der Waals surface area contributed by atoms with E-state index in [1.54, 1.807) is 7.11 Å². The van der Waals surface area contributed by atoms with Gasteiger partial charge in [0.1, 0.15) is 18.0 Å². The molecular weight excluding hydrogens is 296 g/mol. The summed E-state index contributed by atoms with van der Waals surface area (Å²) in [6.07, 6.45) is 5.69. The van der Waals surface area contributed by atoms with Crippen LogP contribution in [0.25, 0.3) is 0 Å². The first kappa shape index (κ1) is 12.0. The molecule has 0 N–H and O–H groups in total. The van der Waals surface area contributed by atoms with Crippen molar-refractivity contribution in [2.24, 2.45) is 0 Å². The molecule has 0 unspecified atom stereocenters. The Morgan fingerprint density at radius 2 is 1.83 bits per heavy atom. The second-order valence-corrected chi connectivity index (χ2v) is 5.13. The lowest BCUT2D eigenvalue weighted by Crippen LogP contribution is -2.19. The molecule has 1 aromatic rings. The first-order valence-corrected chi connectivity index (χ1v) is 6.56. The van der Waals surface area contributed by atoms with Crippen molar-refractivity contribution in [3.8, 4) is 5.75 Å². The number of hydrogen-bond acceptors (Lipinski definition) is 3. The van der Waals surface area contributed by atoms with Gasteiger partial charge in [-0.1, -0.05) is 34.1 Å². The molecule has 2 aliphatic rings. The second-order valence-electron chi connectivity index (χ2n) is 4.22. The molecule has 1 fully saturated rings. The number of methoxy groups -OCH3 is 1. The molecule has 18 heavy (non-hydrogen) atoms. The van der Waals surface area contributed by atoms with Gasteiger partial charge in [-0.25, -0.2) is 0 Å². The Hall–Kier alpha value is -1.10. The molecule has 3 nitrogen and oxygen atoms in total. The smallest absolute Gasteiger partial charge is 0.185 e. The van der Waals surface area contributed by atoms with E-state index in [4.69, 9.17) is 14.2 Å². The highest BCUT2D eigenvalue weighted by Gasteiger charge is 2.35. The van der Waals surface area contributed by atoms with Crippen LogP contribution in [0.2, 0.25) is 0 Å². The number of ether oxygens (including phenoxy) is 3. The van der Waals surface area contributed by atoms with Crippen molar-refractivity contribution in [1.82, 2.24) is 0 Å². The average molecular weight is 309 g/mol. The van der Waals surface area contributed by atoms with Crippen LogP contribution in [-0.4, -0.2) is 19.3 Å². The van der Waals surface area contributed by atoms with E-state index in [1.807, 2.05) is 42.5 Å². The Bertz CT molecular complexity index is 492. The summed E-state index contributed by atoms with van der Waals surface area (Å²) in [4.78, 5) is 0. The summed E-state index contributed by atoms with van der Waals surface area (Å²) in [6.45, 7) is 0. The minimum atomic E-state index is -0.315. The topological polar surface area (TPSA) is 27.7 Å². The first-order valence-electron chi connectivity index (χ1n) is 5.76. The summed E-state index contributed by atoms with van der Waals surface area (Å²) >= 11 is 3.44. The molecular formula is C14H13BrO3. The molecule has 4 heteroatoms. The molecule has 1 heterocycles. The Kier molecular flexibility index (Phi) is 3.24. The quantitative estimate of drug-likeness (QED) is 0.839. The van der Waals surface area contributed by atoms with Gasteiger partial charge in [0.05, 0.1) is 7.11 Å². The number of fused-ring (bicyclic) bond motifs is 1. The van der Waals surface area contributed by atoms with E-state index >= 15 is 0 Å². The maximum absolute atomic E-state index is 5.87. The van der Waals surface area contributed by atoms with Gasteiger partial charge >= 0.3 is 0 Å². The van der Waals surface area contributed by atoms with Gasteiger partial charge < -0.3 is 14.2 Å². The van der Waals surface area contributed by atoms with Crippen molar-refractivity contribution in [1.29, 1.82) is 0 Å². The van der Waals surface area contributed by atoms with E-state index in [0.29, 0.717) is 0 Å². The SMILES string of the molecule is COc1ccc([C@H]2O[C@H]3C=CC(Br)=C[C@H]3O2)cc1. The second kappa shape index (κ2) is 4.88. The van der Waals surface area contributed by atoms with Crippen molar-refractivity contribution in [2.75, 3.05) is 7.11 Å². The van der Waals surface area contributed by atoms with E-state index in [0.717, 1.165) is 15.8 Å². The maximum atomic E-state index is 5.87. The lowest BCUT2D eigenvalue weighted by molar-refractivity contribution is -0.0597. The molecule has 0 amide bonds. The summed E-state index contributed by atoms with van der Waals surface area (Å²) in [5, 5.41) is 0. The fraction of sp³-hybridized carbons (Fsp3) is 0.286. The zero-order chi connectivity index (χ0) is 12.5. The van der Waals surface area contributed by atoms with Crippen molar-refractivity contribution in [3.63, 3.8) is 0 Å². The molecule has 1 aliphatic carbocycles. The van der Waals surface area contributed by atoms with Crippen LogP contribution in [-0.2, 0) is 9.47 Å². The van der Waals surface area contributed by atoms with E-state index in [-0.39, 0.29) is 18.5 Å². The highest BCUT2D eigenvalue weighted by Crippen LogP contribution is 2.36. The fourth-order valence-corrected chi connectivity index (χ4v) is 2.49. The van der Waals surface area contributed by atoms with Crippen LogP contribution in [0, 0.1) is 0 Å². The molecule has 3 rings (SSSR count). The summed E-state index contributed by atoms with van der Waals surface area (Å²) in [5.41, 5.74) is 1.00. The zero-order valence-electron chi connectivity index (χ0n) is 9.88. The molecule has 0 aromatic heterocycles. The van der Waals surface area contributed by atoms with E-state index in [9.17, 15) is 0 Å². The number of benzene rings is 1. The Morgan fingerprint density at radius 3 is 2.56 bits per heavy atom. The molecule has 0 saturated carbocycles. The summed E-state index contributed by atoms with van der Waals surface area (Å²) < 4.78 is 17.9. The standard InChI is InChI=1S/C14H13BrO3/c1-16-11-5-2-9(3-6-11)14-17-12-7-4-10(15)8-13(12)18-14/h2-8,12-14H,1H3/t12-,13+,14-/m0/s1. The summed E-state index contributed by atoms with van der Waals surface area (Å²) in [7, 11) is 1.65. The van der Waals surface area contributed by atoms with Crippen LogP contribution >= 0.6 is 15.9 Å². The third kappa shape index (κ3) is 2.23. The molecule has 1 aromatic carbocycles. The van der Waals surface area contributed by atoms with Crippen LogP contribution in [0.4, 0.5) is 0 Å². The monoisotopic (exact) mass is 308 g/mol. The van der Waals surface area contributed by atoms with E-state index < -0.39 is 0 Å². The molecule has 3 atom stereocenters. The summed E-state index contributed by atoms with van der Waals surface area (Å²) in [6, 6.07) is 7.74. The highest BCUT2D eigenvalue weighted by atomic mass is 79.9. The third-order valence-electron chi connectivity index (χ3n) is 3.04. The summed E-state index contributed by atoms with van der Waals surface area (Å²) in [5.74, 6) is 0.830. The first-order chi connectivity index (χ1) is 8.76. The Balaban J connectivity index is 1.77. The van der Waals surface area contributed by atoms with Gasteiger partial charge in [0.15, 0.2) is 6.29 Å². The molecule has 1 aliphatic heterocycles. The van der Waals surface area contributed by atoms with Gasteiger partial charge in [0.25, 0.3) is 0 Å². The maximum Gasteiger partial charge on any atom is 0.185 e. The van der Waals surface area contributed by atoms with Gasteiger partial charge in [-0.3, -0.25) is 0 Å². The lowest BCUT2D eigenvalue weighted by atomic mass is 10.1. The number of allylic oxidation sites excluding steroid dienone is 2. The van der Waals surface area contributed by atoms with E-state index in [1.165, 1.54) is 0 Å². The van der Waals surface area contributed by atoms with E-state index in [2.05, 4.69) is 15.9 Å². The zero-order valence-corrected chi connectivity index (χ0v) is 11.5. The lowest BCUT2D eigenvalue weighted by Gasteiger charge is -2.12. The van der Waals surface area contributed by atoms with Crippen molar-refractivity contribution < 1.29 is 14.2 Å². The van der Waals surface area contributed by atoms with Crippen LogP contribution in [0.15, 0.2) is 47.0 Å². The van der Waals surface area contributed by atoms with Crippen LogP contribution in [0.1, 0.15) is 11.9 Å². The third-order valence-corrected chi connectivity index (χ3v) is 3.57. The van der Waals surface area contributed by atoms with Crippen molar-refractivity contribution in [3.05, 3.63) is 52.5 Å². The molecule has 1 saturated heterocycles. The fourth-order valence-electron chi connectivity index (χ4n) is 2.08. The highest BCUT2D eigenvalue weighted by molar-refractivity contribution is 9.11. The van der Waals surface area contributed by atoms with Gasteiger partial charge in [-0.2, -0.15) is 0 Å². The van der Waals surface area contributed by atoms with Crippen LogP contribution < -0.4 is 4.74 Å². The minimum absolute atomic E-state index is 0.00148. The largest absolute Gasteiger partial charge is 0.497 e. The number of rotatable bonds is 2. The van der Waals surface area contributed by atoms with Gasteiger partial charge in [0, 0.05) is 10.0 Å². The Labute approximate surface area is 114 Å². The molecule has 0 spiro atoms. The van der Waals surface area contributed by atoms with Gasteiger partial charge in [-0.05, 0) is 24.3 Å². The van der Waals surface area contributed by atoms with Crippen molar-refractivity contribution in [2.45, 2.75) is 18.5 Å².